The number of fused-ring (bicyclic) bond motifs is 1. The maximum Gasteiger partial charge on any atom is 0.209 e. The van der Waals surface area contributed by atoms with Gasteiger partial charge in [0.1, 0.15) is 5.52 Å². The van der Waals surface area contributed by atoms with Gasteiger partial charge in [-0.25, -0.2) is 4.98 Å². The Morgan fingerprint density at radius 2 is 2.25 bits per heavy atom. The van der Waals surface area contributed by atoms with Crippen LogP contribution in [0.2, 0.25) is 0 Å². The van der Waals surface area contributed by atoms with E-state index in [1.165, 1.54) is 0 Å². The van der Waals surface area contributed by atoms with Crippen molar-refractivity contribution < 1.29 is 9.52 Å². The summed E-state index contributed by atoms with van der Waals surface area (Å²) in [6.07, 6.45) is 2.65. The molecule has 3 rings (SSSR count). The molecule has 20 heavy (non-hydrogen) atoms. The Kier molecular flexibility index (Phi) is 3.40. The number of aromatic nitrogens is 1. The van der Waals surface area contributed by atoms with Crippen molar-refractivity contribution in [3.05, 3.63) is 24.1 Å². The third kappa shape index (κ3) is 2.94. The number of oxazole rings is 1. The van der Waals surface area contributed by atoms with Gasteiger partial charge in [0.05, 0.1) is 12.1 Å². The molecule has 1 aliphatic rings. The number of hydrogen-bond acceptors (Lipinski definition) is 5. The molecule has 0 bridgehead atoms. The van der Waals surface area contributed by atoms with Crippen molar-refractivity contribution in [3.63, 3.8) is 0 Å². The van der Waals surface area contributed by atoms with E-state index < -0.39 is 5.60 Å². The van der Waals surface area contributed by atoms with Gasteiger partial charge in [0.15, 0.2) is 5.58 Å². The van der Waals surface area contributed by atoms with Gasteiger partial charge in [-0.15, -0.1) is 0 Å². The van der Waals surface area contributed by atoms with E-state index in [1.54, 1.807) is 0 Å². The standard InChI is InChI=1S/C15H21N3O2/c1-15(19)5-2-7-18(8-6-15)10-14-17-12-9-11(16)3-4-13(12)20-14/h3-4,9,19H,2,5-8,10,16H2,1H3. The number of hydrogen-bond donors (Lipinski definition) is 2. The fraction of sp³-hybridized carbons (Fsp3) is 0.533. The van der Waals surface area contributed by atoms with Crippen LogP contribution in [-0.4, -0.2) is 33.7 Å². The molecule has 0 amide bonds. The maximum atomic E-state index is 10.1. The fourth-order valence-electron chi connectivity index (χ4n) is 2.73. The van der Waals surface area contributed by atoms with Gasteiger partial charge in [0.2, 0.25) is 5.89 Å². The van der Waals surface area contributed by atoms with Crippen LogP contribution in [0, 0.1) is 0 Å². The SMILES string of the molecule is CC1(O)CCCN(Cc2nc3cc(N)ccc3o2)CC1. The molecule has 2 heterocycles. The normalized spacial score (nSPS) is 24.9. The minimum Gasteiger partial charge on any atom is -0.439 e. The van der Waals surface area contributed by atoms with Crippen LogP contribution in [0.3, 0.4) is 0 Å². The zero-order valence-electron chi connectivity index (χ0n) is 11.8. The lowest BCUT2D eigenvalue weighted by molar-refractivity contribution is 0.0441. The summed E-state index contributed by atoms with van der Waals surface area (Å²) in [5.41, 5.74) is 7.49. The Balaban J connectivity index is 1.72. The van der Waals surface area contributed by atoms with E-state index in [-0.39, 0.29) is 0 Å². The predicted octanol–water partition coefficient (Wildman–Crippen LogP) is 2.15. The highest BCUT2D eigenvalue weighted by Crippen LogP contribution is 2.23. The highest BCUT2D eigenvalue weighted by molar-refractivity contribution is 5.76. The van der Waals surface area contributed by atoms with E-state index in [0.29, 0.717) is 18.1 Å². The number of anilines is 1. The van der Waals surface area contributed by atoms with Crippen LogP contribution in [0.4, 0.5) is 5.69 Å². The molecule has 2 aromatic rings. The fourth-order valence-corrected chi connectivity index (χ4v) is 2.73. The van der Waals surface area contributed by atoms with Gasteiger partial charge < -0.3 is 15.3 Å². The van der Waals surface area contributed by atoms with Crippen LogP contribution >= 0.6 is 0 Å². The molecule has 1 unspecified atom stereocenters. The first kappa shape index (κ1) is 13.4. The molecular weight excluding hydrogens is 254 g/mol. The zero-order valence-corrected chi connectivity index (χ0v) is 11.8. The highest BCUT2D eigenvalue weighted by atomic mass is 16.3. The molecule has 0 radical (unpaired) electrons. The minimum absolute atomic E-state index is 0.537. The van der Waals surface area contributed by atoms with Gasteiger partial charge in [-0.1, -0.05) is 0 Å². The molecule has 1 aliphatic heterocycles. The van der Waals surface area contributed by atoms with Crippen molar-refractivity contribution in [1.82, 2.24) is 9.88 Å². The molecule has 1 aromatic heterocycles. The third-order valence-corrected chi connectivity index (χ3v) is 3.97. The average molecular weight is 275 g/mol. The second-order valence-corrected chi connectivity index (χ2v) is 5.96. The highest BCUT2D eigenvalue weighted by Gasteiger charge is 2.25. The van der Waals surface area contributed by atoms with E-state index in [4.69, 9.17) is 10.2 Å². The molecule has 1 aromatic carbocycles. The second kappa shape index (κ2) is 5.07. The first-order valence-corrected chi connectivity index (χ1v) is 7.12. The Labute approximate surface area is 118 Å². The number of nitrogens with zero attached hydrogens (tertiary/aromatic N) is 2. The Bertz CT molecular complexity index is 606. The second-order valence-electron chi connectivity index (χ2n) is 5.96. The lowest BCUT2D eigenvalue weighted by Gasteiger charge is -2.21. The first-order chi connectivity index (χ1) is 9.52. The number of rotatable bonds is 2. The molecule has 3 N–H and O–H groups in total. The summed E-state index contributed by atoms with van der Waals surface area (Å²) in [4.78, 5) is 6.77. The summed E-state index contributed by atoms with van der Waals surface area (Å²) in [7, 11) is 0. The van der Waals surface area contributed by atoms with Gasteiger partial charge >= 0.3 is 0 Å². The monoisotopic (exact) mass is 275 g/mol. The maximum absolute atomic E-state index is 10.1. The first-order valence-electron chi connectivity index (χ1n) is 7.12. The van der Waals surface area contributed by atoms with Crippen molar-refractivity contribution in [1.29, 1.82) is 0 Å². The van der Waals surface area contributed by atoms with Gasteiger partial charge in [-0.2, -0.15) is 0 Å². The van der Waals surface area contributed by atoms with E-state index in [1.807, 2.05) is 25.1 Å². The number of likely N-dealkylation sites (tertiary alicyclic amines) is 1. The molecule has 1 atom stereocenters. The van der Waals surface area contributed by atoms with Crippen LogP contribution < -0.4 is 5.73 Å². The van der Waals surface area contributed by atoms with Crippen molar-refractivity contribution in [2.24, 2.45) is 0 Å². The number of nitrogens with two attached hydrogens (primary N) is 1. The quantitative estimate of drug-likeness (QED) is 0.821. The molecule has 1 fully saturated rings. The van der Waals surface area contributed by atoms with Crippen molar-refractivity contribution in [3.8, 4) is 0 Å². The minimum atomic E-state index is -0.537. The number of benzene rings is 1. The van der Waals surface area contributed by atoms with Crippen molar-refractivity contribution in [2.45, 2.75) is 38.3 Å². The molecule has 0 saturated carbocycles. The summed E-state index contributed by atoms with van der Waals surface area (Å²) in [5, 5.41) is 10.1. The van der Waals surface area contributed by atoms with Gasteiger partial charge in [0.25, 0.3) is 0 Å². The molecule has 1 saturated heterocycles. The predicted molar refractivity (Wildman–Crippen MR) is 78.2 cm³/mol. The van der Waals surface area contributed by atoms with E-state index in [0.717, 1.165) is 43.5 Å². The zero-order chi connectivity index (χ0) is 14.2. The Morgan fingerprint density at radius 3 is 3.10 bits per heavy atom. The average Bonchev–Trinajstić information content (AvgIpc) is 2.68. The topological polar surface area (TPSA) is 75.5 Å². The summed E-state index contributed by atoms with van der Waals surface area (Å²) in [6.45, 7) is 4.44. The van der Waals surface area contributed by atoms with Crippen molar-refractivity contribution in [2.75, 3.05) is 18.8 Å². The molecule has 5 heteroatoms. The third-order valence-electron chi connectivity index (χ3n) is 3.97. The summed E-state index contributed by atoms with van der Waals surface area (Å²) in [6, 6.07) is 5.50. The number of aliphatic hydroxyl groups is 1. The van der Waals surface area contributed by atoms with E-state index in [9.17, 15) is 5.11 Å². The lowest BCUT2D eigenvalue weighted by atomic mass is 9.98. The van der Waals surface area contributed by atoms with E-state index >= 15 is 0 Å². The largest absolute Gasteiger partial charge is 0.439 e. The summed E-state index contributed by atoms with van der Waals surface area (Å²) >= 11 is 0. The van der Waals surface area contributed by atoms with Gasteiger partial charge in [0, 0.05) is 12.2 Å². The summed E-state index contributed by atoms with van der Waals surface area (Å²) in [5.74, 6) is 0.715. The number of nitrogen functional groups attached to an aromatic ring is 1. The molecule has 108 valence electrons. The van der Waals surface area contributed by atoms with Gasteiger partial charge in [-0.05, 0) is 50.9 Å². The van der Waals surface area contributed by atoms with Crippen LogP contribution in [-0.2, 0) is 6.54 Å². The van der Waals surface area contributed by atoms with Crippen LogP contribution in [0.5, 0.6) is 0 Å². The van der Waals surface area contributed by atoms with E-state index in [2.05, 4.69) is 9.88 Å². The van der Waals surface area contributed by atoms with Gasteiger partial charge in [-0.3, -0.25) is 4.90 Å². The Hall–Kier alpha value is -1.59. The molecule has 0 spiro atoms. The summed E-state index contributed by atoms with van der Waals surface area (Å²) < 4.78 is 5.75. The van der Waals surface area contributed by atoms with Crippen LogP contribution in [0.15, 0.2) is 22.6 Å². The molecule has 0 aliphatic carbocycles. The lowest BCUT2D eigenvalue weighted by Crippen LogP contribution is -2.28. The molecule has 5 nitrogen and oxygen atoms in total. The molecular formula is C15H21N3O2. The Morgan fingerprint density at radius 1 is 1.40 bits per heavy atom. The van der Waals surface area contributed by atoms with Crippen LogP contribution in [0.1, 0.15) is 32.1 Å². The van der Waals surface area contributed by atoms with Crippen LogP contribution in [0.25, 0.3) is 11.1 Å². The smallest absolute Gasteiger partial charge is 0.209 e. The van der Waals surface area contributed by atoms with Crippen molar-refractivity contribution >= 4 is 16.8 Å².